The van der Waals surface area contributed by atoms with E-state index < -0.39 is 5.56 Å². The second-order valence-corrected chi connectivity index (χ2v) is 3.87. The summed E-state index contributed by atoms with van der Waals surface area (Å²) in [6.45, 7) is 1.68. The highest BCUT2D eigenvalue weighted by atomic mass is 19.1. The van der Waals surface area contributed by atoms with Crippen LogP contribution < -0.4 is 5.56 Å². The van der Waals surface area contributed by atoms with Crippen molar-refractivity contribution in [1.82, 2.24) is 15.4 Å². The number of hydrogen-bond acceptors (Lipinski definition) is 4. The standard InChI is InChI=1S/C12H8FN3O2/c1-6-9-10(7-3-2-4-8(13)5-7)14-15-12(17)11(9)16-18-6/h2-5H,1H3,(H,15,17). The molecule has 3 rings (SSSR count). The Kier molecular flexibility index (Phi) is 2.22. The van der Waals surface area contributed by atoms with Crippen LogP contribution in [0.3, 0.4) is 0 Å². The minimum Gasteiger partial charge on any atom is -0.360 e. The maximum Gasteiger partial charge on any atom is 0.294 e. The van der Waals surface area contributed by atoms with Gasteiger partial charge in [-0.05, 0) is 19.1 Å². The molecule has 0 aliphatic heterocycles. The summed E-state index contributed by atoms with van der Waals surface area (Å²) >= 11 is 0. The van der Waals surface area contributed by atoms with Gasteiger partial charge in [0.05, 0.1) is 5.39 Å². The van der Waals surface area contributed by atoms with Crippen molar-refractivity contribution in [1.29, 1.82) is 0 Å². The van der Waals surface area contributed by atoms with Gasteiger partial charge in [0.15, 0.2) is 5.52 Å². The number of nitrogens with one attached hydrogen (secondary N) is 1. The molecule has 0 aliphatic carbocycles. The monoisotopic (exact) mass is 245 g/mol. The lowest BCUT2D eigenvalue weighted by Crippen LogP contribution is -2.09. The summed E-state index contributed by atoms with van der Waals surface area (Å²) in [7, 11) is 0. The first-order chi connectivity index (χ1) is 8.66. The highest BCUT2D eigenvalue weighted by Crippen LogP contribution is 2.26. The maximum absolute atomic E-state index is 13.2. The Morgan fingerprint density at radius 3 is 3.00 bits per heavy atom. The molecule has 0 aliphatic rings. The Hall–Kier alpha value is -2.50. The van der Waals surface area contributed by atoms with Gasteiger partial charge in [-0.15, -0.1) is 0 Å². The van der Waals surface area contributed by atoms with E-state index in [0.717, 1.165) is 0 Å². The van der Waals surface area contributed by atoms with E-state index in [1.807, 2.05) is 0 Å². The van der Waals surface area contributed by atoms with Gasteiger partial charge in [0.1, 0.15) is 17.3 Å². The lowest BCUT2D eigenvalue weighted by molar-refractivity contribution is 0.405. The number of rotatable bonds is 1. The van der Waals surface area contributed by atoms with E-state index >= 15 is 0 Å². The number of nitrogens with zero attached hydrogens (tertiary/aromatic N) is 2. The fourth-order valence-corrected chi connectivity index (χ4v) is 1.87. The van der Waals surface area contributed by atoms with Crippen LogP contribution in [0.25, 0.3) is 22.2 Å². The zero-order valence-corrected chi connectivity index (χ0v) is 9.40. The van der Waals surface area contributed by atoms with Crippen LogP contribution in [0.5, 0.6) is 0 Å². The van der Waals surface area contributed by atoms with Crippen molar-refractivity contribution in [2.24, 2.45) is 0 Å². The van der Waals surface area contributed by atoms with E-state index in [2.05, 4.69) is 15.4 Å². The van der Waals surface area contributed by atoms with Gasteiger partial charge in [0.25, 0.3) is 5.56 Å². The molecule has 6 heteroatoms. The molecule has 2 heterocycles. The lowest BCUT2D eigenvalue weighted by atomic mass is 10.1. The number of aromatic amines is 1. The predicted octanol–water partition coefficient (Wildman–Crippen LogP) is 2.03. The zero-order chi connectivity index (χ0) is 12.7. The quantitative estimate of drug-likeness (QED) is 0.712. The normalized spacial score (nSPS) is 11.0. The van der Waals surface area contributed by atoms with Crippen LogP contribution in [0, 0.1) is 12.7 Å². The molecule has 0 radical (unpaired) electrons. The summed E-state index contributed by atoms with van der Waals surface area (Å²) in [5.74, 6) is 0.102. The molecule has 0 saturated carbocycles. The third-order valence-corrected chi connectivity index (χ3v) is 2.68. The predicted molar refractivity (Wildman–Crippen MR) is 62.6 cm³/mol. The fourth-order valence-electron chi connectivity index (χ4n) is 1.87. The first kappa shape index (κ1) is 10.6. The third kappa shape index (κ3) is 1.50. The molecule has 5 nitrogen and oxygen atoms in total. The smallest absolute Gasteiger partial charge is 0.294 e. The van der Waals surface area contributed by atoms with E-state index in [1.165, 1.54) is 12.1 Å². The lowest BCUT2D eigenvalue weighted by Gasteiger charge is -2.01. The molecule has 0 atom stereocenters. The topological polar surface area (TPSA) is 71.8 Å². The first-order valence-electron chi connectivity index (χ1n) is 5.27. The van der Waals surface area contributed by atoms with Crippen LogP contribution in [-0.2, 0) is 0 Å². The molecule has 0 spiro atoms. The first-order valence-corrected chi connectivity index (χ1v) is 5.27. The Morgan fingerprint density at radius 2 is 2.22 bits per heavy atom. The molecule has 3 aromatic rings. The maximum atomic E-state index is 13.2. The Morgan fingerprint density at radius 1 is 1.39 bits per heavy atom. The molecule has 0 amide bonds. The van der Waals surface area contributed by atoms with Crippen LogP contribution in [0.15, 0.2) is 33.6 Å². The van der Waals surface area contributed by atoms with Gasteiger partial charge in [0.2, 0.25) is 0 Å². The van der Waals surface area contributed by atoms with Crippen LogP contribution in [0.4, 0.5) is 4.39 Å². The minimum atomic E-state index is -0.429. The van der Waals surface area contributed by atoms with Gasteiger partial charge in [-0.2, -0.15) is 5.10 Å². The van der Waals surface area contributed by atoms with Crippen molar-refractivity contribution in [2.75, 3.05) is 0 Å². The minimum absolute atomic E-state index is 0.168. The van der Waals surface area contributed by atoms with E-state index in [1.54, 1.807) is 19.1 Å². The molecule has 18 heavy (non-hydrogen) atoms. The summed E-state index contributed by atoms with van der Waals surface area (Å²) < 4.78 is 18.2. The molecule has 0 fully saturated rings. The van der Waals surface area contributed by atoms with E-state index in [-0.39, 0.29) is 11.3 Å². The van der Waals surface area contributed by atoms with Gasteiger partial charge >= 0.3 is 0 Å². The van der Waals surface area contributed by atoms with Gasteiger partial charge in [0, 0.05) is 5.56 Å². The van der Waals surface area contributed by atoms with Crippen molar-refractivity contribution in [3.63, 3.8) is 0 Å². The van der Waals surface area contributed by atoms with Gasteiger partial charge in [-0.3, -0.25) is 4.79 Å². The van der Waals surface area contributed by atoms with Crippen LogP contribution >= 0.6 is 0 Å². The van der Waals surface area contributed by atoms with Gasteiger partial charge in [-0.25, -0.2) is 9.49 Å². The fraction of sp³-hybridized carbons (Fsp3) is 0.0833. The molecular weight excluding hydrogens is 237 g/mol. The number of H-pyrrole nitrogens is 1. The van der Waals surface area contributed by atoms with Gasteiger partial charge in [-0.1, -0.05) is 17.3 Å². The summed E-state index contributed by atoms with van der Waals surface area (Å²) in [6, 6.07) is 5.96. The van der Waals surface area contributed by atoms with E-state index in [0.29, 0.717) is 22.4 Å². The van der Waals surface area contributed by atoms with Crippen molar-refractivity contribution in [3.8, 4) is 11.3 Å². The molecule has 2 aromatic heterocycles. The highest BCUT2D eigenvalue weighted by molar-refractivity contribution is 5.92. The van der Waals surface area contributed by atoms with E-state index in [4.69, 9.17) is 4.52 Å². The number of aromatic nitrogens is 3. The van der Waals surface area contributed by atoms with Crippen molar-refractivity contribution >= 4 is 10.9 Å². The van der Waals surface area contributed by atoms with Gasteiger partial charge < -0.3 is 4.52 Å². The molecule has 0 unspecified atom stereocenters. The molecule has 0 saturated heterocycles. The molecule has 0 bridgehead atoms. The van der Waals surface area contributed by atoms with Crippen molar-refractivity contribution in [3.05, 3.63) is 46.2 Å². The molecule has 90 valence electrons. The number of hydrogen-bond donors (Lipinski definition) is 1. The molecule has 1 aromatic carbocycles. The van der Waals surface area contributed by atoms with Crippen molar-refractivity contribution in [2.45, 2.75) is 6.92 Å². The van der Waals surface area contributed by atoms with Crippen LogP contribution in [-0.4, -0.2) is 15.4 Å². The highest BCUT2D eigenvalue weighted by Gasteiger charge is 2.15. The third-order valence-electron chi connectivity index (χ3n) is 2.68. The average molecular weight is 245 g/mol. The summed E-state index contributed by atoms with van der Waals surface area (Å²) in [6.07, 6.45) is 0. The summed E-state index contributed by atoms with van der Waals surface area (Å²) in [5.41, 5.74) is 0.745. The number of fused-ring (bicyclic) bond motifs is 1. The Labute approximate surface area is 100 Å². The molecule has 1 N–H and O–H groups in total. The average Bonchev–Trinajstić information content (AvgIpc) is 2.73. The van der Waals surface area contributed by atoms with Crippen LogP contribution in [0.2, 0.25) is 0 Å². The Balaban J connectivity index is 2.40. The van der Waals surface area contributed by atoms with Crippen LogP contribution in [0.1, 0.15) is 5.76 Å². The SMILES string of the molecule is Cc1onc2c(=O)[nH]nc(-c3cccc(F)c3)c12. The second-order valence-electron chi connectivity index (χ2n) is 3.87. The summed E-state index contributed by atoms with van der Waals surface area (Å²) in [5, 5.41) is 10.4. The number of halogens is 1. The number of aryl methyl sites for hydroxylation is 1. The van der Waals surface area contributed by atoms with Crippen molar-refractivity contribution < 1.29 is 8.91 Å². The second kappa shape index (κ2) is 3.76. The summed E-state index contributed by atoms with van der Waals surface area (Å²) in [4.78, 5) is 11.5. The largest absolute Gasteiger partial charge is 0.360 e. The van der Waals surface area contributed by atoms with E-state index in [9.17, 15) is 9.18 Å². The number of benzene rings is 1. The Bertz CT molecular complexity index is 791. The zero-order valence-electron chi connectivity index (χ0n) is 9.40. The molecular formula is C12H8FN3O2.